The monoisotopic (exact) mass is 509 g/mol. The van der Waals surface area contributed by atoms with Crippen molar-refractivity contribution < 1.29 is 61.4 Å². The molecule has 0 spiro atoms. The van der Waals surface area contributed by atoms with Gasteiger partial charge in [0.1, 0.15) is 36.2 Å². The van der Waals surface area contributed by atoms with Gasteiger partial charge in [0.15, 0.2) is 0 Å². The first-order valence-corrected chi connectivity index (χ1v) is 12.1. The van der Waals surface area contributed by atoms with Crippen LogP contribution in [0.15, 0.2) is 9.59 Å². The van der Waals surface area contributed by atoms with Gasteiger partial charge in [-0.05, 0) is 0 Å². The van der Waals surface area contributed by atoms with Crippen LogP contribution in [0.25, 0.3) is 0 Å². The predicted molar refractivity (Wildman–Crippen MR) is 91.8 cm³/mol. The third-order valence-electron chi connectivity index (χ3n) is 3.56. The van der Waals surface area contributed by atoms with Crippen molar-refractivity contribution in [2.24, 2.45) is 0 Å². The number of hydrogen-bond acceptors (Lipinski definition) is 12. The number of rotatable bonds is 8. The maximum atomic E-state index is 12.0. The molecule has 1 saturated heterocycles. The summed E-state index contributed by atoms with van der Waals surface area (Å²) in [7, 11) is -16.9. The second-order valence-corrected chi connectivity index (χ2v) is 10.2. The zero-order valence-corrected chi connectivity index (χ0v) is 17.3. The van der Waals surface area contributed by atoms with Crippen LogP contribution in [-0.2, 0) is 31.6 Å². The lowest BCUT2D eigenvalue weighted by atomic mass is 10.0. The molecule has 1 aromatic heterocycles. The molecule has 1 aliphatic rings. The maximum Gasteiger partial charge on any atom is 0.490 e. The molecule has 18 nitrogen and oxygen atoms in total. The summed E-state index contributed by atoms with van der Waals surface area (Å²) in [6.07, 6.45) is -7.17. The van der Waals surface area contributed by atoms with Crippen LogP contribution in [-0.4, -0.2) is 64.7 Å². The molecule has 2 unspecified atom stereocenters. The van der Waals surface area contributed by atoms with Crippen LogP contribution in [0.3, 0.4) is 0 Å². The Hall–Kier alpha value is -1.54. The van der Waals surface area contributed by atoms with Crippen molar-refractivity contribution in [3.63, 3.8) is 0 Å². The third-order valence-corrected chi connectivity index (χ3v) is 7.36. The van der Waals surface area contributed by atoms with Gasteiger partial charge in [-0.15, -0.1) is 0 Å². The second kappa shape index (κ2) is 9.14. The van der Waals surface area contributed by atoms with E-state index in [0.29, 0.717) is 0 Å². The van der Waals surface area contributed by atoms with Crippen LogP contribution in [0.2, 0.25) is 0 Å². The van der Waals surface area contributed by atoms with Crippen LogP contribution >= 0.6 is 23.5 Å². The Balaban J connectivity index is 2.15. The Morgan fingerprint density at radius 3 is 2.16 bits per heavy atom. The van der Waals surface area contributed by atoms with E-state index in [4.69, 9.17) is 24.7 Å². The van der Waals surface area contributed by atoms with E-state index in [0.717, 1.165) is 0 Å². The normalized spacial score (nSPS) is 27.9. The van der Waals surface area contributed by atoms with Gasteiger partial charge in [0.05, 0.1) is 12.2 Å². The van der Waals surface area contributed by atoms with Gasteiger partial charge in [0.2, 0.25) is 0 Å². The standard InChI is InChI=1S/C10H14N3O15P3/c11-1-3-5(9(16)13-10(17)12-3)8-7(15)6(14)4(26-8)2-25-30(21,22)28-31(23,24)27-29(18,19)20/h4,6-8,14-15H,2H2,(H,21,22)(H,23,24)(H2,18,19,20)(H2,12,13,16,17)/t4-,6-,7-,8+/m1/s1. The van der Waals surface area contributed by atoms with Crippen LogP contribution in [0.1, 0.15) is 17.4 Å². The van der Waals surface area contributed by atoms with Gasteiger partial charge in [0, 0.05) is 0 Å². The van der Waals surface area contributed by atoms with Gasteiger partial charge in [-0.25, -0.2) is 18.5 Å². The molecule has 1 fully saturated rings. The first-order chi connectivity index (χ1) is 14.1. The predicted octanol–water partition coefficient (Wildman–Crippen LogP) is -2.56. The lowest BCUT2D eigenvalue weighted by Crippen LogP contribution is -2.35. The average Bonchev–Trinajstić information content (AvgIpc) is 2.84. The fourth-order valence-corrected chi connectivity index (χ4v) is 5.48. The van der Waals surface area contributed by atoms with Crippen molar-refractivity contribution in [1.82, 2.24) is 9.97 Å². The minimum atomic E-state index is -5.78. The summed E-state index contributed by atoms with van der Waals surface area (Å²) in [5, 5.41) is 29.2. The van der Waals surface area contributed by atoms with E-state index in [-0.39, 0.29) is 0 Å². The fraction of sp³-hybridized carbons (Fsp3) is 0.500. The molecule has 0 saturated carbocycles. The fourth-order valence-electron chi connectivity index (χ4n) is 2.45. The number of aromatic amines is 2. The molecule has 6 atom stereocenters. The number of nitrogens with one attached hydrogen (secondary N) is 2. The Bertz CT molecular complexity index is 1130. The highest BCUT2D eigenvalue weighted by molar-refractivity contribution is 7.66. The van der Waals surface area contributed by atoms with Crippen LogP contribution < -0.4 is 11.2 Å². The van der Waals surface area contributed by atoms with Crippen molar-refractivity contribution in [3.05, 3.63) is 32.1 Å². The van der Waals surface area contributed by atoms with E-state index in [9.17, 15) is 38.4 Å². The number of H-pyrrole nitrogens is 2. The highest BCUT2D eigenvalue weighted by Crippen LogP contribution is 2.66. The van der Waals surface area contributed by atoms with Gasteiger partial charge < -0.3 is 34.5 Å². The number of aromatic nitrogens is 2. The van der Waals surface area contributed by atoms with Crippen LogP contribution in [0, 0.1) is 11.3 Å². The quantitative estimate of drug-likeness (QED) is 0.167. The summed E-state index contributed by atoms with van der Waals surface area (Å²) in [4.78, 5) is 62.4. The number of phosphoric ester groups is 1. The molecule has 2 rings (SSSR count). The van der Waals surface area contributed by atoms with E-state index >= 15 is 0 Å². The van der Waals surface area contributed by atoms with E-state index in [1.165, 1.54) is 6.07 Å². The smallest absolute Gasteiger partial charge is 0.387 e. The summed E-state index contributed by atoms with van der Waals surface area (Å²) >= 11 is 0. The SMILES string of the molecule is N#Cc1[nH]c(=O)[nH]c(=O)c1[C@@H]1O[C@H](COP(=O)(O)OP(=O)(O)OP(=O)(O)O)[C@@H](O)[C@H]1O. The van der Waals surface area contributed by atoms with Crippen molar-refractivity contribution >= 4 is 23.5 Å². The minimum Gasteiger partial charge on any atom is -0.387 e. The van der Waals surface area contributed by atoms with Gasteiger partial charge in [0.25, 0.3) is 5.56 Å². The lowest BCUT2D eigenvalue weighted by molar-refractivity contribution is -0.0228. The number of aliphatic hydroxyl groups is 2. The third kappa shape index (κ3) is 6.72. The molecule has 21 heteroatoms. The second-order valence-electron chi connectivity index (χ2n) is 5.77. The van der Waals surface area contributed by atoms with Gasteiger partial charge in [-0.2, -0.15) is 13.9 Å². The summed E-state index contributed by atoms with van der Waals surface area (Å²) < 4.78 is 50.0. The highest BCUT2D eigenvalue weighted by Gasteiger charge is 2.47. The molecule has 0 aliphatic carbocycles. The largest absolute Gasteiger partial charge is 0.490 e. The molecule has 0 aromatic carbocycles. The van der Waals surface area contributed by atoms with Crippen molar-refractivity contribution in [1.29, 1.82) is 5.26 Å². The zero-order valence-electron chi connectivity index (χ0n) is 14.7. The Morgan fingerprint density at radius 2 is 1.61 bits per heavy atom. The highest BCUT2D eigenvalue weighted by atomic mass is 31.3. The van der Waals surface area contributed by atoms with Crippen molar-refractivity contribution in [3.8, 4) is 6.07 Å². The Labute approximate surface area is 170 Å². The molecule has 31 heavy (non-hydrogen) atoms. The molecule has 0 bridgehead atoms. The van der Waals surface area contributed by atoms with E-state index in [2.05, 4.69) is 13.1 Å². The number of aliphatic hydroxyl groups excluding tert-OH is 2. The van der Waals surface area contributed by atoms with E-state index in [1.54, 1.807) is 4.98 Å². The number of phosphoric acid groups is 3. The van der Waals surface area contributed by atoms with Crippen LogP contribution in [0.4, 0.5) is 0 Å². The lowest BCUT2D eigenvalue weighted by Gasteiger charge is -2.19. The average molecular weight is 509 g/mol. The number of nitrogens with zero attached hydrogens (tertiary/aromatic N) is 1. The molecule has 0 amide bonds. The molecule has 1 aromatic rings. The molecular weight excluding hydrogens is 495 g/mol. The topological polar surface area (TPSA) is 299 Å². The summed E-state index contributed by atoms with van der Waals surface area (Å²) in [6, 6.07) is 1.48. The molecular formula is C10H14N3O15P3. The minimum absolute atomic E-state index is 0.575. The van der Waals surface area contributed by atoms with Crippen molar-refractivity contribution in [2.45, 2.75) is 24.4 Å². The molecule has 2 heterocycles. The summed E-state index contributed by atoms with van der Waals surface area (Å²) in [5.74, 6) is 0. The first-order valence-electron chi connectivity index (χ1n) is 7.62. The van der Waals surface area contributed by atoms with Gasteiger partial charge >= 0.3 is 29.2 Å². The molecule has 174 valence electrons. The van der Waals surface area contributed by atoms with Crippen molar-refractivity contribution in [2.75, 3.05) is 6.61 Å². The van der Waals surface area contributed by atoms with Crippen LogP contribution in [0.5, 0.6) is 0 Å². The Morgan fingerprint density at radius 1 is 1.00 bits per heavy atom. The first kappa shape index (κ1) is 25.7. The Kier molecular flexibility index (Phi) is 7.58. The maximum absolute atomic E-state index is 12.0. The molecule has 0 radical (unpaired) electrons. The van der Waals surface area contributed by atoms with Gasteiger partial charge in [-0.3, -0.25) is 19.3 Å². The number of ether oxygens (including phenoxy) is 1. The zero-order chi connectivity index (χ0) is 23.8. The van der Waals surface area contributed by atoms with Gasteiger partial charge in [-0.1, -0.05) is 0 Å². The summed E-state index contributed by atoms with van der Waals surface area (Å²) in [5.41, 5.74) is -3.35. The molecule has 8 N–H and O–H groups in total. The van der Waals surface area contributed by atoms with E-state index < -0.39 is 77.0 Å². The summed E-state index contributed by atoms with van der Waals surface area (Å²) in [6.45, 7) is -1.12. The number of hydrogen-bond donors (Lipinski definition) is 8. The molecule has 1 aliphatic heterocycles. The van der Waals surface area contributed by atoms with E-state index in [1.807, 2.05) is 4.98 Å². The number of nitriles is 1.